The number of anilines is 2. The van der Waals surface area contributed by atoms with Gasteiger partial charge in [-0.05, 0) is 37.3 Å². The van der Waals surface area contributed by atoms with Crippen LogP contribution in [0.3, 0.4) is 0 Å². The molecule has 1 unspecified atom stereocenters. The number of carbonyl (C=O) groups is 1. The molecule has 1 aliphatic rings. The van der Waals surface area contributed by atoms with Gasteiger partial charge in [0.1, 0.15) is 5.75 Å². The average molecular weight is 372 g/mol. The van der Waals surface area contributed by atoms with Crippen LogP contribution in [-0.4, -0.2) is 20.4 Å². The zero-order valence-electron chi connectivity index (χ0n) is 12.6. The highest BCUT2D eigenvalue weighted by Crippen LogP contribution is 2.32. The molecule has 2 aromatic carbocycles. The van der Waals surface area contributed by atoms with Crippen molar-refractivity contribution in [1.82, 2.24) is 0 Å². The van der Waals surface area contributed by atoms with Crippen LogP contribution < -0.4 is 14.8 Å². The van der Waals surface area contributed by atoms with Crippen molar-refractivity contribution in [2.45, 2.75) is 17.9 Å². The highest BCUT2D eigenvalue weighted by Gasteiger charge is 2.26. The smallest absolute Gasteiger partial charge is 0.265 e. The maximum atomic E-state index is 13.7. The Morgan fingerprint density at radius 3 is 2.56 bits per heavy atom. The number of ether oxygens (including phenoxy) is 1. The quantitative estimate of drug-likeness (QED) is 0.812. The van der Waals surface area contributed by atoms with Crippen LogP contribution in [0.25, 0.3) is 0 Å². The minimum absolute atomic E-state index is 0.122. The number of fused-ring (bicyclic) bond motifs is 1. The molecule has 0 saturated heterocycles. The lowest BCUT2D eigenvalue weighted by Gasteiger charge is -2.23. The van der Waals surface area contributed by atoms with Gasteiger partial charge >= 0.3 is 0 Å². The van der Waals surface area contributed by atoms with Gasteiger partial charge in [0, 0.05) is 0 Å². The Morgan fingerprint density at radius 2 is 1.84 bits per heavy atom. The highest BCUT2D eigenvalue weighted by molar-refractivity contribution is 7.92. The Bertz CT molecular complexity index is 979. The fourth-order valence-electron chi connectivity index (χ4n) is 2.16. The largest absolute Gasteiger partial charge is 0.479 e. The number of hydrogen-bond acceptors (Lipinski definition) is 4. The molecule has 1 aliphatic heterocycles. The second-order valence-corrected chi connectivity index (χ2v) is 6.92. The third kappa shape index (κ3) is 3.12. The summed E-state index contributed by atoms with van der Waals surface area (Å²) < 4.78 is 71.6. The number of nitrogens with one attached hydrogen (secondary N) is 2. The zero-order chi connectivity index (χ0) is 18.4. The molecule has 2 N–H and O–H groups in total. The first-order valence-corrected chi connectivity index (χ1v) is 8.45. The van der Waals surface area contributed by atoms with Gasteiger partial charge in [-0.25, -0.2) is 21.6 Å². The van der Waals surface area contributed by atoms with Crippen molar-refractivity contribution in [2.75, 3.05) is 10.0 Å². The Hall–Kier alpha value is -2.75. The number of hydrogen-bond donors (Lipinski definition) is 2. The molecule has 0 fully saturated rings. The van der Waals surface area contributed by atoms with E-state index in [9.17, 15) is 26.4 Å². The molecule has 0 bridgehead atoms. The Kier molecular flexibility index (Phi) is 4.07. The van der Waals surface area contributed by atoms with Crippen molar-refractivity contribution in [2.24, 2.45) is 0 Å². The third-order valence-electron chi connectivity index (χ3n) is 3.47. The van der Waals surface area contributed by atoms with Gasteiger partial charge in [-0.15, -0.1) is 0 Å². The lowest BCUT2D eigenvalue weighted by atomic mass is 10.2. The van der Waals surface area contributed by atoms with E-state index >= 15 is 0 Å². The molecular weight excluding hydrogens is 361 g/mol. The van der Waals surface area contributed by atoms with Gasteiger partial charge in [-0.1, -0.05) is 0 Å². The SMILES string of the molecule is CC1Oc2ccc(S(=O)(=O)Nc3ccc(F)c(F)c3F)cc2NC1=O. The monoisotopic (exact) mass is 372 g/mol. The van der Waals surface area contributed by atoms with E-state index in [1.807, 2.05) is 4.72 Å². The second-order valence-electron chi connectivity index (χ2n) is 5.24. The van der Waals surface area contributed by atoms with E-state index in [0.717, 1.165) is 12.1 Å². The van der Waals surface area contributed by atoms with Crippen LogP contribution >= 0.6 is 0 Å². The summed E-state index contributed by atoms with van der Waals surface area (Å²) >= 11 is 0. The maximum absolute atomic E-state index is 13.7. The molecule has 132 valence electrons. The lowest BCUT2D eigenvalue weighted by Crippen LogP contribution is -2.34. The van der Waals surface area contributed by atoms with E-state index in [0.29, 0.717) is 6.07 Å². The van der Waals surface area contributed by atoms with Crippen molar-refractivity contribution < 1.29 is 31.1 Å². The summed E-state index contributed by atoms with van der Waals surface area (Å²) in [6, 6.07) is 4.96. The first-order valence-electron chi connectivity index (χ1n) is 6.97. The molecule has 1 atom stereocenters. The molecule has 25 heavy (non-hydrogen) atoms. The molecular formula is C15H11F3N2O4S. The van der Waals surface area contributed by atoms with Crippen molar-refractivity contribution >= 4 is 27.3 Å². The first kappa shape index (κ1) is 17.1. The van der Waals surface area contributed by atoms with Crippen LogP contribution in [0.5, 0.6) is 5.75 Å². The van der Waals surface area contributed by atoms with E-state index in [2.05, 4.69) is 5.32 Å². The van der Waals surface area contributed by atoms with Crippen molar-refractivity contribution in [3.63, 3.8) is 0 Å². The van der Waals surface area contributed by atoms with Gasteiger partial charge in [-0.3, -0.25) is 9.52 Å². The molecule has 0 radical (unpaired) electrons. The molecule has 0 aromatic heterocycles. The second kappa shape index (κ2) is 5.96. The summed E-state index contributed by atoms with van der Waals surface area (Å²) in [6.45, 7) is 1.52. The molecule has 0 saturated carbocycles. The van der Waals surface area contributed by atoms with E-state index < -0.39 is 45.2 Å². The van der Waals surface area contributed by atoms with Gasteiger partial charge in [-0.2, -0.15) is 0 Å². The molecule has 6 nitrogen and oxygen atoms in total. The Labute approximate surface area is 140 Å². The predicted octanol–water partition coefficient (Wildman–Crippen LogP) is 2.62. The number of carbonyl (C=O) groups excluding carboxylic acids is 1. The fourth-order valence-corrected chi connectivity index (χ4v) is 3.25. The topological polar surface area (TPSA) is 84.5 Å². The maximum Gasteiger partial charge on any atom is 0.265 e. The molecule has 0 aliphatic carbocycles. The van der Waals surface area contributed by atoms with Crippen LogP contribution in [0.15, 0.2) is 35.2 Å². The summed E-state index contributed by atoms with van der Waals surface area (Å²) in [6.07, 6.45) is -0.732. The van der Waals surface area contributed by atoms with Gasteiger partial charge in [0.2, 0.25) is 0 Å². The summed E-state index contributed by atoms with van der Waals surface area (Å²) in [5, 5.41) is 2.47. The number of halogens is 3. The van der Waals surface area contributed by atoms with Gasteiger partial charge in [0.05, 0.1) is 16.3 Å². The minimum Gasteiger partial charge on any atom is -0.479 e. The average Bonchev–Trinajstić information content (AvgIpc) is 2.56. The Balaban J connectivity index is 1.95. The number of amides is 1. The third-order valence-corrected chi connectivity index (χ3v) is 4.83. The molecule has 1 heterocycles. The van der Waals surface area contributed by atoms with Crippen molar-refractivity contribution in [3.05, 3.63) is 47.8 Å². The van der Waals surface area contributed by atoms with Gasteiger partial charge in [0.25, 0.3) is 15.9 Å². The van der Waals surface area contributed by atoms with E-state index in [1.165, 1.54) is 19.1 Å². The summed E-state index contributed by atoms with van der Waals surface area (Å²) in [5.41, 5.74) is -0.623. The Morgan fingerprint density at radius 1 is 1.12 bits per heavy atom. The molecule has 2 aromatic rings. The summed E-state index contributed by atoms with van der Waals surface area (Å²) in [4.78, 5) is 11.3. The normalized spacial score (nSPS) is 16.6. The van der Waals surface area contributed by atoms with Gasteiger partial charge < -0.3 is 10.1 Å². The van der Waals surface area contributed by atoms with E-state index in [4.69, 9.17) is 4.74 Å². The van der Waals surface area contributed by atoms with E-state index in [1.54, 1.807) is 0 Å². The van der Waals surface area contributed by atoms with Crippen LogP contribution in [0, 0.1) is 17.5 Å². The van der Waals surface area contributed by atoms with Crippen LogP contribution in [0.1, 0.15) is 6.92 Å². The molecule has 3 rings (SSSR count). The zero-order valence-corrected chi connectivity index (χ0v) is 13.5. The standard InChI is InChI=1S/C15H11F3N2O4S/c1-7-15(21)19-11-6-8(2-5-12(11)24-7)25(22,23)20-10-4-3-9(16)13(17)14(10)18/h2-7,20H,1H3,(H,19,21). The molecule has 1 amide bonds. The summed E-state index contributed by atoms with van der Waals surface area (Å²) in [7, 11) is -4.32. The van der Waals surface area contributed by atoms with Crippen molar-refractivity contribution in [1.29, 1.82) is 0 Å². The highest BCUT2D eigenvalue weighted by atomic mass is 32.2. The fraction of sp³-hybridized carbons (Fsp3) is 0.133. The summed E-state index contributed by atoms with van der Waals surface area (Å²) in [5.74, 6) is -5.08. The molecule has 0 spiro atoms. The number of sulfonamides is 1. The van der Waals surface area contributed by atoms with Crippen LogP contribution in [0.4, 0.5) is 24.5 Å². The lowest BCUT2D eigenvalue weighted by molar-refractivity contribution is -0.122. The minimum atomic E-state index is -4.32. The van der Waals surface area contributed by atoms with Crippen molar-refractivity contribution in [3.8, 4) is 5.75 Å². The van der Waals surface area contributed by atoms with Crippen LogP contribution in [-0.2, 0) is 14.8 Å². The van der Waals surface area contributed by atoms with Gasteiger partial charge in [0.15, 0.2) is 23.6 Å². The predicted molar refractivity (Wildman–Crippen MR) is 82.3 cm³/mol. The van der Waals surface area contributed by atoms with E-state index in [-0.39, 0.29) is 16.3 Å². The molecule has 10 heteroatoms. The number of rotatable bonds is 3. The first-order chi connectivity index (χ1) is 11.7. The number of benzene rings is 2. The van der Waals surface area contributed by atoms with Crippen LogP contribution in [0.2, 0.25) is 0 Å².